The fraction of sp³-hybridized carbons (Fsp3) is 0.111. The van der Waals surface area contributed by atoms with Crippen LogP contribution in [0.1, 0.15) is 5.56 Å². The zero-order valence-corrected chi connectivity index (χ0v) is 7.97. The van der Waals surface area contributed by atoms with Gasteiger partial charge in [0.05, 0.1) is 17.3 Å². The lowest BCUT2D eigenvalue weighted by Gasteiger charge is -2.08. The fourth-order valence-corrected chi connectivity index (χ4v) is 1.37. The Hall–Kier alpha value is -1.36. The number of benzene rings is 1. The van der Waals surface area contributed by atoms with Gasteiger partial charge in [-0.15, -0.1) is 0 Å². The Labute approximate surface area is 87.7 Å². The number of rotatable bonds is 0. The van der Waals surface area contributed by atoms with Crippen LogP contribution < -0.4 is 0 Å². The second-order valence-electron chi connectivity index (χ2n) is 2.86. The number of fused-ring (bicyclic) bond motifs is 1. The van der Waals surface area contributed by atoms with Gasteiger partial charge in [0, 0.05) is 0 Å². The Morgan fingerprint density at radius 1 is 1.20 bits per heavy atom. The van der Waals surface area contributed by atoms with Gasteiger partial charge in [0.15, 0.2) is 0 Å². The molecule has 0 N–H and O–H groups in total. The van der Waals surface area contributed by atoms with Gasteiger partial charge in [-0.05, 0) is 12.1 Å². The van der Waals surface area contributed by atoms with Crippen LogP contribution in [0.25, 0.3) is 11.0 Å². The Kier molecular flexibility index (Phi) is 2.26. The van der Waals surface area contributed by atoms with E-state index in [4.69, 9.17) is 11.6 Å². The van der Waals surface area contributed by atoms with Crippen molar-refractivity contribution in [2.45, 2.75) is 6.18 Å². The molecular formula is C9H4ClF3N2. The summed E-state index contributed by atoms with van der Waals surface area (Å²) in [6.45, 7) is 0. The van der Waals surface area contributed by atoms with Crippen LogP contribution in [0.3, 0.4) is 0 Å². The molecule has 0 saturated heterocycles. The monoisotopic (exact) mass is 232 g/mol. The minimum absolute atomic E-state index is 0.0563. The molecular weight excluding hydrogens is 229 g/mol. The molecule has 1 aromatic carbocycles. The standard InChI is InChI=1S/C9H4ClF3N2/c10-7-4-14-6-3-1-2-5(8(6)15-7)9(11,12)13/h1-4H. The topological polar surface area (TPSA) is 25.8 Å². The minimum atomic E-state index is -4.45. The highest BCUT2D eigenvalue weighted by molar-refractivity contribution is 6.29. The Balaban J connectivity index is 2.80. The summed E-state index contributed by atoms with van der Waals surface area (Å²) in [4.78, 5) is 7.39. The van der Waals surface area contributed by atoms with E-state index in [0.29, 0.717) is 0 Å². The molecule has 2 rings (SSSR count). The molecule has 0 radical (unpaired) electrons. The van der Waals surface area contributed by atoms with E-state index in [1.165, 1.54) is 18.3 Å². The van der Waals surface area contributed by atoms with Gasteiger partial charge in [0.25, 0.3) is 0 Å². The molecule has 0 bridgehead atoms. The molecule has 0 aliphatic rings. The van der Waals surface area contributed by atoms with Gasteiger partial charge < -0.3 is 0 Å². The maximum atomic E-state index is 12.5. The smallest absolute Gasteiger partial charge is 0.251 e. The first-order chi connectivity index (χ1) is 6.98. The van der Waals surface area contributed by atoms with Crippen molar-refractivity contribution < 1.29 is 13.2 Å². The first kappa shape index (κ1) is 10.2. The average Bonchev–Trinajstić information content (AvgIpc) is 2.15. The lowest BCUT2D eigenvalue weighted by atomic mass is 10.1. The van der Waals surface area contributed by atoms with E-state index in [9.17, 15) is 13.2 Å². The quantitative estimate of drug-likeness (QED) is 0.696. The van der Waals surface area contributed by atoms with Crippen LogP contribution in [0, 0.1) is 0 Å². The van der Waals surface area contributed by atoms with Crippen molar-refractivity contribution in [3.8, 4) is 0 Å². The first-order valence-electron chi connectivity index (χ1n) is 3.97. The molecule has 1 heterocycles. The molecule has 0 atom stereocenters. The highest BCUT2D eigenvalue weighted by Gasteiger charge is 2.33. The van der Waals surface area contributed by atoms with Crippen molar-refractivity contribution in [3.63, 3.8) is 0 Å². The maximum absolute atomic E-state index is 12.5. The molecule has 0 saturated carbocycles. The highest BCUT2D eigenvalue weighted by Crippen LogP contribution is 2.33. The van der Waals surface area contributed by atoms with Gasteiger partial charge in [-0.25, -0.2) is 4.98 Å². The van der Waals surface area contributed by atoms with E-state index in [1.54, 1.807) is 0 Å². The number of hydrogen-bond donors (Lipinski definition) is 0. The van der Waals surface area contributed by atoms with Crippen molar-refractivity contribution in [1.82, 2.24) is 9.97 Å². The zero-order valence-electron chi connectivity index (χ0n) is 7.22. The van der Waals surface area contributed by atoms with Crippen molar-refractivity contribution in [1.29, 1.82) is 0 Å². The Morgan fingerprint density at radius 3 is 2.60 bits per heavy atom. The molecule has 6 heteroatoms. The summed E-state index contributed by atoms with van der Waals surface area (Å²) in [5, 5.41) is -0.0563. The highest BCUT2D eigenvalue weighted by atomic mass is 35.5. The van der Waals surface area contributed by atoms with Crippen LogP contribution in [0.5, 0.6) is 0 Å². The summed E-state index contributed by atoms with van der Waals surface area (Å²) in [5.41, 5.74) is -0.873. The van der Waals surface area contributed by atoms with Gasteiger partial charge in [0.1, 0.15) is 10.7 Å². The molecule has 0 aliphatic heterocycles. The molecule has 0 unspecified atom stereocenters. The van der Waals surface area contributed by atoms with Gasteiger partial charge in [0.2, 0.25) is 0 Å². The van der Waals surface area contributed by atoms with E-state index in [0.717, 1.165) is 6.07 Å². The van der Waals surface area contributed by atoms with E-state index >= 15 is 0 Å². The normalized spacial score (nSPS) is 12.0. The SMILES string of the molecule is FC(F)(F)c1cccc2ncc(Cl)nc12. The van der Waals surface area contributed by atoms with E-state index in [1.807, 2.05) is 0 Å². The van der Waals surface area contributed by atoms with Gasteiger partial charge in [-0.2, -0.15) is 13.2 Å². The lowest BCUT2D eigenvalue weighted by molar-refractivity contribution is -0.136. The Bertz CT molecular complexity index is 510. The number of aromatic nitrogens is 2. The molecule has 0 amide bonds. The molecule has 1 aromatic heterocycles. The number of alkyl halides is 3. The molecule has 0 fully saturated rings. The third-order valence-corrected chi connectivity index (χ3v) is 2.03. The van der Waals surface area contributed by atoms with Crippen LogP contribution >= 0.6 is 11.6 Å². The van der Waals surface area contributed by atoms with Crippen molar-refractivity contribution in [2.24, 2.45) is 0 Å². The van der Waals surface area contributed by atoms with Crippen LogP contribution in [0.4, 0.5) is 13.2 Å². The van der Waals surface area contributed by atoms with Gasteiger partial charge in [-0.3, -0.25) is 4.98 Å². The third kappa shape index (κ3) is 1.87. The lowest BCUT2D eigenvalue weighted by Crippen LogP contribution is -2.06. The van der Waals surface area contributed by atoms with E-state index in [-0.39, 0.29) is 16.2 Å². The Morgan fingerprint density at radius 2 is 1.93 bits per heavy atom. The van der Waals surface area contributed by atoms with Crippen LogP contribution in [-0.4, -0.2) is 9.97 Å². The predicted octanol–water partition coefficient (Wildman–Crippen LogP) is 3.30. The van der Waals surface area contributed by atoms with Crippen LogP contribution in [0.2, 0.25) is 5.15 Å². The van der Waals surface area contributed by atoms with Crippen molar-refractivity contribution in [2.75, 3.05) is 0 Å². The summed E-state index contributed by atoms with van der Waals surface area (Å²) in [6, 6.07) is 3.69. The number of para-hydroxylation sites is 1. The third-order valence-electron chi connectivity index (χ3n) is 1.85. The molecule has 0 aliphatic carbocycles. The van der Waals surface area contributed by atoms with Gasteiger partial charge >= 0.3 is 6.18 Å². The molecule has 2 aromatic rings. The second-order valence-corrected chi connectivity index (χ2v) is 3.25. The predicted molar refractivity (Wildman–Crippen MR) is 49.6 cm³/mol. The number of halogens is 4. The second kappa shape index (κ2) is 3.34. The van der Waals surface area contributed by atoms with E-state index < -0.39 is 11.7 Å². The summed E-state index contributed by atoms with van der Waals surface area (Å²) in [6.07, 6.45) is -3.23. The summed E-state index contributed by atoms with van der Waals surface area (Å²) in [7, 11) is 0. The number of nitrogens with zero attached hydrogens (tertiary/aromatic N) is 2. The van der Waals surface area contributed by atoms with Crippen LogP contribution in [0.15, 0.2) is 24.4 Å². The largest absolute Gasteiger partial charge is 0.418 e. The number of hydrogen-bond acceptors (Lipinski definition) is 2. The minimum Gasteiger partial charge on any atom is -0.251 e. The zero-order chi connectivity index (χ0) is 11.1. The molecule has 78 valence electrons. The van der Waals surface area contributed by atoms with Crippen molar-refractivity contribution >= 4 is 22.6 Å². The first-order valence-corrected chi connectivity index (χ1v) is 4.35. The van der Waals surface area contributed by atoms with Gasteiger partial charge in [-0.1, -0.05) is 17.7 Å². The fourth-order valence-electron chi connectivity index (χ4n) is 1.24. The maximum Gasteiger partial charge on any atom is 0.418 e. The van der Waals surface area contributed by atoms with Crippen LogP contribution in [-0.2, 0) is 6.18 Å². The molecule has 0 spiro atoms. The van der Waals surface area contributed by atoms with E-state index in [2.05, 4.69) is 9.97 Å². The molecule has 2 nitrogen and oxygen atoms in total. The summed E-state index contributed by atoms with van der Waals surface area (Å²) >= 11 is 5.50. The summed E-state index contributed by atoms with van der Waals surface area (Å²) < 4.78 is 37.6. The van der Waals surface area contributed by atoms with Crippen molar-refractivity contribution in [3.05, 3.63) is 35.1 Å². The average molecular weight is 233 g/mol. The summed E-state index contributed by atoms with van der Waals surface area (Å²) in [5.74, 6) is 0. The molecule has 15 heavy (non-hydrogen) atoms.